The Morgan fingerprint density at radius 1 is 1.67 bits per heavy atom. The molecule has 5 nitrogen and oxygen atoms in total. The Labute approximate surface area is 88.0 Å². The van der Waals surface area contributed by atoms with Crippen molar-refractivity contribution < 1.29 is 13.7 Å². The molecular formula is C7H6ClF2N3O2. The highest BCUT2D eigenvalue weighted by atomic mass is 35.5. The van der Waals surface area contributed by atoms with E-state index in [1.165, 1.54) is 0 Å². The van der Waals surface area contributed by atoms with Crippen LogP contribution in [0.5, 0.6) is 0 Å². The molecule has 0 unspecified atom stereocenters. The summed E-state index contributed by atoms with van der Waals surface area (Å²) >= 11 is 5.51. The smallest absolute Gasteiger partial charge is 0.287 e. The summed E-state index contributed by atoms with van der Waals surface area (Å²) in [4.78, 5) is 13.1. The van der Waals surface area contributed by atoms with Gasteiger partial charge >= 0.3 is 0 Å². The quantitative estimate of drug-likeness (QED) is 0.495. The molecule has 0 aliphatic rings. The molecule has 0 saturated heterocycles. The highest BCUT2D eigenvalue weighted by Crippen LogP contribution is 2.33. The van der Waals surface area contributed by atoms with E-state index in [9.17, 15) is 18.9 Å². The molecule has 1 heterocycles. The molecule has 8 heteroatoms. The van der Waals surface area contributed by atoms with E-state index in [0.717, 1.165) is 0 Å². The van der Waals surface area contributed by atoms with Crippen LogP contribution in [0.3, 0.4) is 0 Å². The Hall–Kier alpha value is -1.34. The molecule has 0 aliphatic carbocycles. The predicted molar refractivity (Wildman–Crippen MR) is 48.7 cm³/mol. The first kappa shape index (κ1) is 11.7. The summed E-state index contributed by atoms with van der Waals surface area (Å²) in [5.41, 5.74) is 3.47. The number of hydrogen-bond acceptors (Lipinski definition) is 4. The number of alkyl halides is 2. The van der Waals surface area contributed by atoms with E-state index in [1.54, 1.807) is 0 Å². The molecule has 1 rings (SSSR count). The number of rotatable bonds is 3. The first-order chi connectivity index (χ1) is 6.99. The molecule has 0 aliphatic heterocycles. The Morgan fingerprint density at radius 3 is 2.67 bits per heavy atom. The van der Waals surface area contributed by atoms with E-state index in [2.05, 4.69) is 4.98 Å². The van der Waals surface area contributed by atoms with Gasteiger partial charge in [0.05, 0.1) is 10.5 Å². The molecule has 0 bridgehead atoms. The van der Waals surface area contributed by atoms with Gasteiger partial charge in [-0.15, -0.1) is 0 Å². The van der Waals surface area contributed by atoms with E-state index in [1.807, 2.05) is 0 Å². The summed E-state index contributed by atoms with van der Waals surface area (Å²) < 4.78 is 24.8. The zero-order chi connectivity index (χ0) is 11.6. The molecule has 1 aromatic rings. The lowest BCUT2D eigenvalue weighted by Gasteiger charge is -2.06. The standard InChI is InChI=1S/C7H6ClF2N3O2/c8-6-3(1-11)5(13(14)15)4(2-12-6)7(9)10/h2,7H,1,11H2. The molecule has 1 aromatic heterocycles. The minimum atomic E-state index is -2.99. The van der Waals surface area contributed by atoms with Gasteiger partial charge in [0.1, 0.15) is 10.7 Å². The maximum atomic E-state index is 12.4. The van der Waals surface area contributed by atoms with Gasteiger partial charge in [0.25, 0.3) is 12.1 Å². The maximum Gasteiger partial charge on any atom is 0.287 e. The largest absolute Gasteiger partial charge is 0.326 e. The van der Waals surface area contributed by atoms with E-state index < -0.39 is 22.6 Å². The third-order valence-electron chi connectivity index (χ3n) is 1.75. The molecule has 0 radical (unpaired) electrons. The molecule has 15 heavy (non-hydrogen) atoms. The SMILES string of the molecule is NCc1c(Cl)ncc(C(F)F)c1[N+](=O)[O-]. The minimum absolute atomic E-state index is 0.181. The lowest BCUT2D eigenvalue weighted by atomic mass is 10.1. The first-order valence-electron chi connectivity index (χ1n) is 3.79. The molecule has 0 amide bonds. The van der Waals surface area contributed by atoms with E-state index in [-0.39, 0.29) is 17.3 Å². The third kappa shape index (κ3) is 2.18. The summed E-state index contributed by atoms with van der Waals surface area (Å²) in [5.74, 6) is 0. The van der Waals surface area contributed by atoms with Crippen molar-refractivity contribution in [1.29, 1.82) is 0 Å². The van der Waals surface area contributed by atoms with Gasteiger partial charge in [-0.05, 0) is 0 Å². The second kappa shape index (κ2) is 4.45. The first-order valence-corrected chi connectivity index (χ1v) is 4.16. The topological polar surface area (TPSA) is 82.0 Å². The van der Waals surface area contributed by atoms with Gasteiger partial charge < -0.3 is 5.73 Å². The fourth-order valence-corrected chi connectivity index (χ4v) is 1.31. The van der Waals surface area contributed by atoms with Gasteiger partial charge in [0.15, 0.2) is 0 Å². The predicted octanol–water partition coefficient (Wildman–Crippen LogP) is 2.04. The van der Waals surface area contributed by atoms with Crippen LogP contribution >= 0.6 is 11.6 Å². The van der Waals surface area contributed by atoms with E-state index >= 15 is 0 Å². The van der Waals surface area contributed by atoms with Gasteiger partial charge in [0, 0.05) is 12.7 Å². The fraction of sp³-hybridized carbons (Fsp3) is 0.286. The van der Waals surface area contributed by atoms with Gasteiger partial charge in [-0.1, -0.05) is 11.6 Å². The molecule has 0 atom stereocenters. The van der Waals surface area contributed by atoms with E-state index in [0.29, 0.717) is 6.20 Å². The number of nitrogens with two attached hydrogens (primary N) is 1. The lowest BCUT2D eigenvalue weighted by Crippen LogP contribution is -2.07. The third-order valence-corrected chi connectivity index (χ3v) is 2.07. The van der Waals surface area contributed by atoms with Gasteiger partial charge in [0.2, 0.25) is 0 Å². The van der Waals surface area contributed by atoms with Crippen LogP contribution in [0.1, 0.15) is 17.6 Å². The summed E-state index contributed by atoms with van der Waals surface area (Å²) in [6, 6.07) is 0. The van der Waals surface area contributed by atoms with Crippen molar-refractivity contribution in [2.75, 3.05) is 0 Å². The Kier molecular flexibility index (Phi) is 3.48. The zero-order valence-corrected chi connectivity index (χ0v) is 8.04. The van der Waals surface area contributed by atoms with Crippen LogP contribution in [0.15, 0.2) is 6.20 Å². The number of aromatic nitrogens is 1. The summed E-state index contributed by atoms with van der Waals surface area (Å²) in [6.45, 7) is -0.317. The van der Waals surface area contributed by atoms with E-state index in [4.69, 9.17) is 17.3 Å². The average Bonchev–Trinajstić information content (AvgIpc) is 2.16. The highest BCUT2D eigenvalue weighted by molar-refractivity contribution is 6.30. The molecule has 0 spiro atoms. The van der Waals surface area contributed by atoms with Crippen LogP contribution in [0.25, 0.3) is 0 Å². The number of hydrogen-bond donors (Lipinski definition) is 1. The van der Waals surface area contributed by atoms with Gasteiger partial charge in [-0.25, -0.2) is 13.8 Å². The molecule has 0 aromatic carbocycles. The monoisotopic (exact) mass is 237 g/mol. The molecule has 0 fully saturated rings. The number of nitrogens with zero attached hydrogens (tertiary/aromatic N) is 2. The zero-order valence-electron chi connectivity index (χ0n) is 7.28. The number of nitro groups is 1. The normalized spacial score (nSPS) is 10.7. The van der Waals surface area contributed by atoms with Crippen LogP contribution in [0, 0.1) is 10.1 Å². The van der Waals surface area contributed by atoms with Crippen LogP contribution < -0.4 is 5.73 Å². The molecule has 82 valence electrons. The second-order valence-electron chi connectivity index (χ2n) is 2.59. The van der Waals surface area contributed by atoms with Gasteiger partial charge in [-0.2, -0.15) is 0 Å². The summed E-state index contributed by atoms with van der Waals surface area (Å²) in [6.07, 6.45) is -2.30. The van der Waals surface area contributed by atoms with Crippen molar-refractivity contribution in [2.45, 2.75) is 13.0 Å². The summed E-state index contributed by atoms with van der Waals surface area (Å²) in [7, 11) is 0. The van der Waals surface area contributed by atoms with Crippen LogP contribution in [0.2, 0.25) is 5.15 Å². The summed E-state index contributed by atoms with van der Waals surface area (Å²) in [5, 5.41) is 10.4. The number of pyridine rings is 1. The van der Waals surface area contributed by atoms with Crippen molar-refractivity contribution >= 4 is 17.3 Å². The van der Waals surface area contributed by atoms with Crippen molar-refractivity contribution in [3.63, 3.8) is 0 Å². The fourth-order valence-electron chi connectivity index (χ4n) is 1.09. The second-order valence-corrected chi connectivity index (χ2v) is 2.95. The van der Waals surface area contributed by atoms with Crippen molar-refractivity contribution in [3.8, 4) is 0 Å². The molecule has 2 N–H and O–H groups in total. The highest BCUT2D eigenvalue weighted by Gasteiger charge is 2.27. The Balaban J connectivity index is 3.49. The minimum Gasteiger partial charge on any atom is -0.326 e. The Morgan fingerprint density at radius 2 is 2.27 bits per heavy atom. The van der Waals surface area contributed by atoms with Gasteiger partial charge in [-0.3, -0.25) is 10.1 Å². The van der Waals surface area contributed by atoms with Crippen molar-refractivity contribution in [2.24, 2.45) is 5.73 Å². The Bertz CT molecular complexity index is 400. The van der Waals surface area contributed by atoms with Crippen molar-refractivity contribution in [3.05, 3.63) is 32.6 Å². The van der Waals surface area contributed by atoms with Crippen molar-refractivity contribution in [1.82, 2.24) is 4.98 Å². The molecular weight excluding hydrogens is 232 g/mol. The number of halogens is 3. The average molecular weight is 238 g/mol. The maximum absolute atomic E-state index is 12.4. The van der Waals surface area contributed by atoms with Crippen LogP contribution in [-0.4, -0.2) is 9.91 Å². The van der Waals surface area contributed by atoms with Crippen LogP contribution in [0.4, 0.5) is 14.5 Å². The molecule has 0 saturated carbocycles. The van der Waals surface area contributed by atoms with Crippen LogP contribution in [-0.2, 0) is 6.54 Å². The lowest BCUT2D eigenvalue weighted by molar-refractivity contribution is -0.387.